The average Bonchev–Trinajstić information content (AvgIpc) is 2.38. The van der Waals surface area contributed by atoms with Crippen molar-refractivity contribution in [1.29, 1.82) is 0 Å². The van der Waals surface area contributed by atoms with Gasteiger partial charge in [-0.05, 0) is 26.3 Å². The minimum absolute atomic E-state index is 0.370. The Balaban J connectivity index is 2.27. The lowest BCUT2D eigenvalue weighted by atomic mass is 9.96. The standard InChI is InChI=1S/C15H23N3O2/c1-14(2,3)20-13(19)18-10-9-17-11-15(18,16)12-7-5-4-6-8-12/h4-8,17H,9-11,16H2,1-3H3. The van der Waals surface area contributed by atoms with Gasteiger partial charge in [-0.15, -0.1) is 0 Å². The van der Waals surface area contributed by atoms with Crippen molar-refractivity contribution in [3.8, 4) is 0 Å². The fourth-order valence-corrected chi connectivity index (χ4v) is 2.32. The number of carbonyl (C=O) groups excluding carboxylic acids is 1. The first-order valence-corrected chi connectivity index (χ1v) is 6.89. The summed E-state index contributed by atoms with van der Waals surface area (Å²) in [6, 6.07) is 9.65. The van der Waals surface area contributed by atoms with Gasteiger partial charge in [0.05, 0.1) is 0 Å². The Labute approximate surface area is 120 Å². The summed E-state index contributed by atoms with van der Waals surface area (Å²) < 4.78 is 5.47. The molecule has 0 radical (unpaired) electrons. The largest absolute Gasteiger partial charge is 0.444 e. The molecule has 1 aromatic rings. The topological polar surface area (TPSA) is 67.6 Å². The van der Waals surface area contributed by atoms with E-state index >= 15 is 0 Å². The SMILES string of the molecule is CC(C)(C)OC(=O)N1CCNCC1(N)c1ccccc1. The maximum atomic E-state index is 12.4. The summed E-state index contributed by atoms with van der Waals surface area (Å²) in [6.07, 6.45) is -0.370. The zero-order valence-corrected chi connectivity index (χ0v) is 12.3. The Morgan fingerprint density at radius 2 is 2.00 bits per heavy atom. The Morgan fingerprint density at radius 1 is 1.35 bits per heavy atom. The molecular formula is C15H23N3O2. The van der Waals surface area contributed by atoms with E-state index in [9.17, 15) is 4.79 Å². The molecule has 110 valence electrons. The molecule has 1 heterocycles. The zero-order valence-electron chi connectivity index (χ0n) is 12.3. The first kappa shape index (κ1) is 14.8. The van der Waals surface area contributed by atoms with E-state index < -0.39 is 11.3 Å². The molecule has 5 heteroatoms. The van der Waals surface area contributed by atoms with Gasteiger partial charge < -0.3 is 15.8 Å². The number of amides is 1. The fraction of sp³-hybridized carbons (Fsp3) is 0.533. The van der Waals surface area contributed by atoms with Gasteiger partial charge in [-0.2, -0.15) is 0 Å². The molecule has 0 spiro atoms. The predicted molar refractivity (Wildman–Crippen MR) is 78.1 cm³/mol. The van der Waals surface area contributed by atoms with Gasteiger partial charge in [0, 0.05) is 19.6 Å². The van der Waals surface area contributed by atoms with Crippen molar-refractivity contribution in [2.45, 2.75) is 32.0 Å². The molecule has 1 fully saturated rings. The summed E-state index contributed by atoms with van der Waals surface area (Å²) in [5, 5.41) is 3.25. The zero-order chi connectivity index (χ0) is 14.8. The highest BCUT2D eigenvalue weighted by Crippen LogP contribution is 2.26. The smallest absolute Gasteiger partial charge is 0.412 e. The number of benzene rings is 1. The number of nitrogens with two attached hydrogens (primary N) is 1. The third-order valence-electron chi connectivity index (χ3n) is 3.28. The van der Waals surface area contributed by atoms with Crippen molar-refractivity contribution < 1.29 is 9.53 Å². The minimum Gasteiger partial charge on any atom is -0.444 e. The molecule has 1 aromatic carbocycles. The van der Waals surface area contributed by atoms with Crippen LogP contribution in [0.25, 0.3) is 0 Å². The summed E-state index contributed by atoms with van der Waals surface area (Å²) in [7, 11) is 0. The normalized spacial score (nSPS) is 23.5. The second-order valence-corrected chi connectivity index (χ2v) is 6.10. The van der Waals surface area contributed by atoms with Gasteiger partial charge in [0.2, 0.25) is 0 Å². The lowest BCUT2D eigenvalue weighted by Crippen LogP contribution is -2.66. The summed E-state index contributed by atoms with van der Waals surface area (Å²) in [5.74, 6) is 0. The van der Waals surface area contributed by atoms with E-state index in [1.54, 1.807) is 4.90 Å². The molecule has 0 aliphatic carbocycles. The molecule has 1 aliphatic heterocycles. The van der Waals surface area contributed by atoms with Gasteiger partial charge in [-0.3, -0.25) is 4.90 Å². The highest BCUT2D eigenvalue weighted by molar-refractivity contribution is 5.70. The van der Waals surface area contributed by atoms with E-state index in [2.05, 4.69) is 5.32 Å². The van der Waals surface area contributed by atoms with Gasteiger partial charge in [-0.1, -0.05) is 30.3 Å². The molecular weight excluding hydrogens is 254 g/mol. The summed E-state index contributed by atoms with van der Waals surface area (Å²) in [5.41, 5.74) is 6.01. The molecule has 20 heavy (non-hydrogen) atoms. The highest BCUT2D eigenvalue weighted by atomic mass is 16.6. The first-order valence-electron chi connectivity index (χ1n) is 6.89. The Bertz CT molecular complexity index is 470. The summed E-state index contributed by atoms with van der Waals surface area (Å²) in [6.45, 7) is 7.32. The van der Waals surface area contributed by atoms with Crippen LogP contribution in [-0.4, -0.2) is 36.2 Å². The number of nitrogens with one attached hydrogen (secondary N) is 1. The second-order valence-electron chi connectivity index (χ2n) is 6.10. The lowest BCUT2D eigenvalue weighted by molar-refractivity contribution is -0.0114. The molecule has 1 amide bonds. The molecule has 0 bridgehead atoms. The van der Waals surface area contributed by atoms with Crippen molar-refractivity contribution >= 4 is 6.09 Å². The Morgan fingerprint density at radius 3 is 2.60 bits per heavy atom. The van der Waals surface area contributed by atoms with Crippen molar-refractivity contribution in [2.24, 2.45) is 5.73 Å². The van der Waals surface area contributed by atoms with Crippen LogP contribution in [0, 0.1) is 0 Å². The van der Waals surface area contributed by atoms with Crippen LogP contribution in [0.5, 0.6) is 0 Å². The summed E-state index contributed by atoms with van der Waals surface area (Å²) >= 11 is 0. The third-order valence-corrected chi connectivity index (χ3v) is 3.28. The van der Waals surface area contributed by atoms with Crippen LogP contribution >= 0.6 is 0 Å². The van der Waals surface area contributed by atoms with E-state index in [0.29, 0.717) is 19.6 Å². The average molecular weight is 277 g/mol. The Hall–Kier alpha value is -1.59. The summed E-state index contributed by atoms with van der Waals surface area (Å²) in [4.78, 5) is 14.0. The monoisotopic (exact) mass is 277 g/mol. The molecule has 0 aromatic heterocycles. The first-order chi connectivity index (χ1) is 9.33. The van der Waals surface area contributed by atoms with Crippen LogP contribution in [0.15, 0.2) is 30.3 Å². The maximum absolute atomic E-state index is 12.4. The van der Waals surface area contributed by atoms with Gasteiger partial charge in [-0.25, -0.2) is 4.79 Å². The minimum atomic E-state index is -0.873. The van der Waals surface area contributed by atoms with Gasteiger partial charge in [0.1, 0.15) is 11.3 Å². The van der Waals surface area contributed by atoms with Crippen LogP contribution in [0.3, 0.4) is 0 Å². The molecule has 2 rings (SSSR count). The molecule has 1 aliphatic rings. The molecule has 1 unspecified atom stereocenters. The molecule has 0 saturated carbocycles. The third kappa shape index (κ3) is 3.11. The van der Waals surface area contributed by atoms with E-state index in [1.165, 1.54) is 0 Å². The van der Waals surface area contributed by atoms with Crippen LogP contribution in [0.4, 0.5) is 4.79 Å². The quantitative estimate of drug-likeness (QED) is 0.819. The second kappa shape index (κ2) is 5.42. The number of ether oxygens (including phenoxy) is 1. The number of piperazine rings is 1. The van der Waals surface area contributed by atoms with E-state index in [4.69, 9.17) is 10.5 Å². The lowest BCUT2D eigenvalue weighted by Gasteiger charge is -2.45. The van der Waals surface area contributed by atoms with E-state index in [1.807, 2.05) is 51.1 Å². The van der Waals surface area contributed by atoms with Gasteiger partial charge >= 0.3 is 6.09 Å². The van der Waals surface area contributed by atoms with Crippen molar-refractivity contribution in [3.05, 3.63) is 35.9 Å². The van der Waals surface area contributed by atoms with Gasteiger partial charge in [0.15, 0.2) is 0 Å². The van der Waals surface area contributed by atoms with Crippen LogP contribution < -0.4 is 11.1 Å². The number of nitrogens with zero attached hydrogens (tertiary/aromatic N) is 1. The molecule has 1 atom stereocenters. The fourth-order valence-electron chi connectivity index (χ4n) is 2.32. The Kier molecular flexibility index (Phi) is 4.01. The number of hydrogen-bond donors (Lipinski definition) is 2. The van der Waals surface area contributed by atoms with E-state index in [-0.39, 0.29) is 6.09 Å². The molecule has 1 saturated heterocycles. The number of rotatable bonds is 1. The van der Waals surface area contributed by atoms with Gasteiger partial charge in [0.25, 0.3) is 0 Å². The predicted octanol–water partition coefficient (Wildman–Crippen LogP) is 1.64. The van der Waals surface area contributed by atoms with Crippen LogP contribution in [-0.2, 0) is 10.4 Å². The van der Waals surface area contributed by atoms with Crippen LogP contribution in [0.1, 0.15) is 26.3 Å². The van der Waals surface area contributed by atoms with E-state index in [0.717, 1.165) is 5.56 Å². The highest BCUT2D eigenvalue weighted by Gasteiger charge is 2.41. The number of carbonyl (C=O) groups is 1. The molecule has 5 nitrogen and oxygen atoms in total. The van der Waals surface area contributed by atoms with Crippen molar-refractivity contribution in [2.75, 3.05) is 19.6 Å². The number of hydrogen-bond acceptors (Lipinski definition) is 4. The van der Waals surface area contributed by atoms with Crippen molar-refractivity contribution in [3.63, 3.8) is 0 Å². The maximum Gasteiger partial charge on any atom is 0.412 e. The van der Waals surface area contributed by atoms with Crippen molar-refractivity contribution in [1.82, 2.24) is 10.2 Å². The molecule has 3 N–H and O–H groups in total. The van der Waals surface area contributed by atoms with Crippen LogP contribution in [0.2, 0.25) is 0 Å².